The van der Waals surface area contributed by atoms with E-state index in [0.717, 1.165) is 50.1 Å². The van der Waals surface area contributed by atoms with E-state index in [0.29, 0.717) is 28.8 Å². The van der Waals surface area contributed by atoms with Crippen LogP contribution in [-0.4, -0.2) is 35.4 Å². The van der Waals surface area contributed by atoms with Crippen LogP contribution in [0.2, 0.25) is 0 Å². The van der Waals surface area contributed by atoms with Crippen molar-refractivity contribution in [1.29, 1.82) is 0 Å². The first-order chi connectivity index (χ1) is 13.3. The summed E-state index contributed by atoms with van der Waals surface area (Å²) in [6.07, 6.45) is 3.60. The van der Waals surface area contributed by atoms with Crippen LogP contribution in [0, 0.1) is 19.3 Å². The number of nitrogen functional groups attached to an aromatic ring is 1. The van der Waals surface area contributed by atoms with E-state index >= 15 is 0 Å². The number of hydrogen-bond donors (Lipinski definition) is 1. The molecule has 0 saturated carbocycles. The fourth-order valence-corrected chi connectivity index (χ4v) is 4.63. The predicted octanol–water partition coefficient (Wildman–Crippen LogP) is 3.04. The summed E-state index contributed by atoms with van der Waals surface area (Å²) in [5, 5.41) is 0. The summed E-state index contributed by atoms with van der Waals surface area (Å²) in [6, 6.07) is 5.98. The van der Waals surface area contributed by atoms with Gasteiger partial charge in [0.1, 0.15) is 5.82 Å². The van der Waals surface area contributed by atoms with E-state index in [1.165, 1.54) is 5.56 Å². The number of aryl methyl sites for hydroxylation is 2. The Morgan fingerprint density at radius 3 is 2.54 bits per heavy atom. The SMILES string of the molecule is Cc1ccc(-c2c(N)nc(N3CCC4(CC3)CO[C@@H](C)C4)n(C)c2=O)cc1C. The molecule has 1 aromatic heterocycles. The van der Waals surface area contributed by atoms with E-state index < -0.39 is 0 Å². The lowest BCUT2D eigenvalue weighted by Gasteiger charge is -2.39. The number of nitrogens with two attached hydrogens (primary N) is 1. The molecule has 150 valence electrons. The highest BCUT2D eigenvalue weighted by molar-refractivity contribution is 5.74. The fraction of sp³-hybridized carbons (Fsp3) is 0.545. The molecule has 1 spiro atoms. The quantitative estimate of drug-likeness (QED) is 0.864. The number of rotatable bonds is 2. The smallest absolute Gasteiger partial charge is 0.264 e. The molecule has 0 amide bonds. The Bertz CT molecular complexity index is 958. The molecule has 28 heavy (non-hydrogen) atoms. The van der Waals surface area contributed by atoms with Crippen LogP contribution < -0.4 is 16.2 Å². The molecule has 6 nitrogen and oxygen atoms in total. The molecule has 2 aliphatic rings. The molecule has 0 bridgehead atoms. The summed E-state index contributed by atoms with van der Waals surface area (Å²) in [6.45, 7) is 8.85. The number of piperidine rings is 1. The third-order valence-corrected chi connectivity index (χ3v) is 6.59. The molecule has 6 heteroatoms. The molecular formula is C22H30N4O2. The first-order valence-corrected chi connectivity index (χ1v) is 10.1. The highest BCUT2D eigenvalue weighted by Gasteiger charge is 2.41. The Hall–Kier alpha value is -2.34. The largest absolute Gasteiger partial charge is 0.383 e. The Morgan fingerprint density at radius 1 is 1.21 bits per heavy atom. The lowest BCUT2D eigenvalue weighted by atomic mass is 9.77. The van der Waals surface area contributed by atoms with E-state index in [4.69, 9.17) is 10.5 Å². The van der Waals surface area contributed by atoms with Crippen molar-refractivity contribution in [2.75, 3.05) is 30.3 Å². The first kappa shape index (κ1) is 19.0. The minimum atomic E-state index is -0.0936. The lowest BCUT2D eigenvalue weighted by Crippen LogP contribution is -2.43. The monoisotopic (exact) mass is 382 g/mol. The van der Waals surface area contributed by atoms with Crippen molar-refractivity contribution in [3.05, 3.63) is 39.7 Å². The molecule has 4 rings (SSSR count). The van der Waals surface area contributed by atoms with E-state index in [-0.39, 0.29) is 5.56 Å². The average Bonchev–Trinajstić information content (AvgIpc) is 3.02. The maximum Gasteiger partial charge on any atom is 0.264 e. The van der Waals surface area contributed by atoms with Gasteiger partial charge in [-0.25, -0.2) is 0 Å². The molecule has 0 radical (unpaired) electrons. The molecule has 2 N–H and O–H groups in total. The number of aromatic nitrogens is 2. The summed E-state index contributed by atoms with van der Waals surface area (Å²) >= 11 is 0. The number of hydrogen-bond acceptors (Lipinski definition) is 5. The van der Waals surface area contributed by atoms with Gasteiger partial charge in [-0.1, -0.05) is 18.2 Å². The zero-order valence-corrected chi connectivity index (χ0v) is 17.3. The summed E-state index contributed by atoms with van der Waals surface area (Å²) in [5.74, 6) is 0.969. The third-order valence-electron chi connectivity index (χ3n) is 6.59. The van der Waals surface area contributed by atoms with Crippen LogP contribution >= 0.6 is 0 Å². The zero-order chi connectivity index (χ0) is 20.1. The van der Waals surface area contributed by atoms with Gasteiger partial charge < -0.3 is 15.4 Å². The Balaban J connectivity index is 1.63. The van der Waals surface area contributed by atoms with Crippen LogP contribution in [0.3, 0.4) is 0 Å². The van der Waals surface area contributed by atoms with Crippen molar-refractivity contribution in [3.63, 3.8) is 0 Å². The van der Waals surface area contributed by atoms with Crippen molar-refractivity contribution in [2.24, 2.45) is 12.5 Å². The Labute approximate surface area is 166 Å². The Morgan fingerprint density at radius 2 is 1.93 bits per heavy atom. The standard InChI is InChI=1S/C22H30N4O2/c1-14-5-6-17(11-15(14)2)18-19(23)24-21(25(4)20(18)27)26-9-7-22(8-10-26)12-16(3)28-13-22/h5-6,11,16H,7-10,12-13,23H2,1-4H3/t16-/m0/s1. The highest BCUT2D eigenvalue weighted by Crippen LogP contribution is 2.42. The number of nitrogens with zero attached hydrogens (tertiary/aromatic N) is 3. The van der Waals surface area contributed by atoms with Crippen molar-refractivity contribution in [1.82, 2.24) is 9.55 Å². The van der Waals surface area contributed by atoms with Gasteiger partial charge in [0.25, 0.3) is 5.56 Å². The molecule has 2 saturated heterocycles. The molecular weight excluding hydrogens is 352 g/mol. The molecule has 1 aromatic carbocycles. The molecule has 1 atom stereocenters. The minimum Gasteiger partial charge on any atom is -0.383 e. The molecule has 3 heterocycles. The van der Waals surface area contributed by atoms with Gasteiger partial charge >= 0.3 is 0 Å². The lowest BCUT2D eigenvalue weighted by molar-refractivity contribution is 0.0974. The normalized spacial score (nSPS) is 21.4. The van der Waals surface area contributed by atoms with Gasteiger partial charge in [-0.05, 0) is 62.1 Å². The van der Waals surface area contributed by atoms with Gasteiger partial charge in [0.15, 0.2) is 0 Å². The molecule has 2 aliphatic heterocycles. The van der Waals surface area contributed by atoms with Gasteiger partial charge in [0.05, 0.1) is 18.3 Å². The summed E-state index contributed by atoms with van der Waals surface area (Å²) in [7, 11) is 1.79. The molecule has 2 aromatic rings. The van der Waals surface area contributed by atoms with E-state index in [9.17, 15) is 4.79 Å². The average molecular weight is 383 g/mol. The van der Waals surface area contributed by atoms with Gasteiger partial charge in [0.2, 0.25) is 5.95 Å². The van der Waals surface area contributed by atoms with Gasteiger partial charge in [-0.3, -0.25) is 9.36 Å². The summed E-state index contributed by atoms with van der Waals surface area (Å²) in [5.41, 5.74) is 10.1. The number of benzene rings is 1. The van der Waals surface area contributed by atoms with Crippen LogP contribution in [-0.2, 0) is 11.8 Å². The zero-order valence-electron chi connectivity index (χ0n) is 17.3. The number of ether oxygens (including phenoxy) is 1. The summed E-state index contributed by atoms with van der Waals surface area (Å²) < 4.78 is 7.47. The van der Waals surface area contributed by atoms with Crippen molar-refractivity contribution < 1.29 is 4.74 Å². The van der Waals surface area contributed by atoms with Gasteiger partial charge in [-0.2, -0.15) is 4.98 Å². The molecule has 2 fully saturated rings. The third kappa shape index (κ3) is 3.20. The fourth-order valence-electron chi connectivity index (χ4n) is 4.63. The number of anilines is 2. The van der Waals surface area contributed by atoms with Crippen LogP contribution in [0.1, 0.15) is 37.3 Å². The van der Waals surface area contributed by atoms with Gasteiger partial charge in [-0.15, -0.1) is 0 Å². The molecule has 0 aliphatic carbocycles. The van der Waals surface area contributed by atoms with Crippen molar-refractivity contribution in [2.45, 2.75) is 46.1 Å². The van der Waals surface area contributed by atoms with Crippen LogP contribution in [0.15, 0.2) is 23.0 Å². The van der Waals surface area contributed by atoms with Crippen LogP contribution in [0.4, 0.5) is 11.8 Å². The first-order valence-electron chi connectivity index (χ1n) is 10.1. The van der Waals surface area contributed by atoms with Crippen LogP contribution in [0.25, 0.3) is 11.1 Å². The van der Waals surface area contributed by atoms with E-state index in [2.05, 4.69) is 23.7 Å². The second kappa shape index (κ2) is 6.92. The van der Waals surface area contributed by atoms with E-state index in [1.54, 1.807) is 11.6 Å². The van der Waals surface area contributed by atoms with Crippen LogP contribution in [0.5, 0.6) is 0 Å². The van der Waals surface area contributed by atoms with E-state index in [1.807, 2.05) is 25.1 Å². The maximum atomic E-state index is 13.1. The highest BCUT2D eigenvalue weighted by atomic mass is 16.5. The van der Waals surface area contributed by atoms with Crippen molar-refractivity contribution in [3.8, 4) is 11.1 Å². The minimum absolute atomic E-state index is 0.0936. The van der Waals surface area contributed by atoms with Crippen molar-refractivity contribution >= 4 is 11.8 Å². The predicted molar refractivity (Wildman–Crippen MR) is 113 cm³/mol. The topological polar surface area (TPSA) is 73.4 Å². The second-order valence-electron chi connectivity index (χ2n) is 8.65. The van der Waals surface area contributed by atoms with Gasteiger partial charge in [0, 0.05) is 20.1 Å². The molecule has 0 unspecified atom stereocenters. The second-order valence-corrected chi connectivity index (χ2v) is 8.65. The summed E-state index contributed by atoms with van der Waals surface area (Å²) in [4.78, 5) is 20.0. The maximum absolute atomic E-state index is 13.1. The Kier molecular flexibility index (Phi) is 4.70.